The smallest absolute Gasteiger partial charge is 0.157 e. The van der Waals surface area contributed by atoms with E-state index in [1.165, 1.54) is 0 Å². The number of hydrogen-bond donors (Lipinski definition) is 0. The zero-order valence-electron chi connectivity index (χ0n) is 8.50. The minimum atomic E-state index is 0.126. The molecule has 0 aromatic rings. The van der Waals surface area contributed by atoms with Crippen molar-refractivity contribution in [3.05, 3.63) is 12.2 Å². The van der Waals surface area contributed by atoms with Crippen LogP contribution in [0.25, 0.3) is 0 Å². The van der Waals surface area contributed by atoms with Crippen LogP contribution >= 0.6 is 0 Å². The first kappa shape index (κ1) is 11.4. The largest absolute Gasteiger partial charge is 0.309 e. The minimum Gasteiger partial charge on any atom is -0.309 e. The number of rotatable bonds is 5. The monoisotopic (exact) mass is 169 g/mol. The highest BCUT2D eigenvalue weighted by molar-refractivity contribution is 5.91. The fraction of sp³-hybridized carbons (Fsp3) is 0.700. The molecule has 0 aliphatic rings. The van der Waals surface area contributed by atoms with Crippen molar-refractivity contribution < 1.29 is 4.79 Å². The Morgan fingerprint density at radius 2 is 2.00 bits per heavy atom. The molecule has 0 aromatic carbocycles. The Bertz CT molecular complexity index is 159. The van der Waals surface area contributed by atoms with Crippen LogP contribution in [0.4, 0.5) is 0 Å². The van der Waals surface area contributed by atoms with Gasteiger partial charge in [-0.3, -0.25) is 4.79 Å². The topological polar surface area (TPSA) is 20.3 Å². The van der Waals surface area contributed by atoms with Crippen molar-refractivity contribution in [3.8, 4) is 0 Å². The standard InChI is InChI=1S/C10H19NO/c1-9(2)10(12)7-5-6-8-11(3)4/h5,7,9H,6,8H2,1-4H3/b7-5+. The third-order valence-corrected chi connectivity index (χ3v) is 1.59. The van der Waals surface area contributed by atoms with E-state index in [1.807, 2.05) is 34.0 Å². The van der Waals surface area contributed by atoms with Gasteiger partial charge in [0.15, 0.2) is 5.78 Å². The van der Waals surface area contributed by atoms with Gasteiger partial charge in [0.2, 0.25) is 0 Å². The van der Waals surface area contributed by atoms with Crippen molar-refractivity contribution in [1.82, 2.24) is 4.90 Å². The SMILES string of the molecule is CC(C)C(=O)/C=C/CCN(C)C. The molecule has 0 amide bonds. The molecule has 0 aromatic heterocycles. The predicted octanol–water partition coefficient (Wildman–Crippen LogP) is 1.72. The lowest BCUT2D eigenvalue weighted by Crippen LogP contribution is -2.12. The van der Waals surface area contributed by atoms with Crippen molar-refractivity contribution in [1.29, 1.82) is 0 Å². The summed E-state index contributed by atoms with van der Waals surface area (Å²) in [7, 11) is 4.05. The van der Waals surface area contributed by atoms with Crippen LogP contribution in [-0.4, -0.2) is 31.3 Å². The number of carbonyl (C=O) groups is 1. The van der Waals surface area contributed by atoms with E-state index in [0.717, 1.165) is 13.0 Å². The van der Waals surface area contributed by atoms with Crippen LogP contribution in [0.1, 0.15) is 20.3 Å². The molecule has 12 heavy (non-hydrogen) atoms. The molecule has 0 aliphatic heterocycles. The summed E-state index contributed by atoms with van der Waals surface area (Å²) in [5, 5.41) is 0. The maximum atomic E-state index is 11.1. The number of carbonyl (C=O) groups excluding carboxylic acids is 1. The zero-order valence-corrected chi connectivity index (χ0v) is 8.50. The lowest BCUT2D eigenvalue weighted by Gasteiger charge is -2.05. The first-order valence-electron chi connectivity index (χ1n) is 4.39. The number of ketones is 1. The van der Waals surface area contributed by atoms with E-state index < -0.39 is 0 Å². The molecule has 0 saturated carbocycles. The average Bonchev–Trinajstić information content (AvgIpc) is 1.97. The molecule has 2 nitrogen and oxygen atoms in total. The molecule has 0 unspecified atom stereocenters. The second-order valence-electron chi connectivity index (χ2n) is 3.55. The molecule has 70 valence electrons. The Hall–Kier alpha value is -0.630. The maximum absolute atomic E-state index is 11.1. The average molecular weight is 169 g/mol. The fourth-order valence-electron chi connectivity index (χ4n) is 0.725. The van der Waals surface area contributed by atoms with Crippen LogP contribution in [0.2, 0.25) is 0 Å². The molecule has 2 heteroatoms. The Labute approximate surface area is 75.3 Å². The van der Waals surface area contributed by atoms with Gasteiger partial charge < -0.3 is 4.90 Å². The van der Waals surface area contributed by atoms with Crippen LogP contribution in [0.3, 0.4) is 0 Å². The van der Waals surface area contributed by atoms with Gasteiger partial charge in [-0.15, -0.1) is 0 Å². The molecule has 0 heterocycles. The molecule has 0 N–H and O–H groups in total. The molecule has 0 rings (SSSR count). The van der Waals surface area contributed by atoms with E-state index in [0.29, 0.717) is 0 Å². The highest BCUT2D eigenvalue weighted by atomic mass is 16.1. The van der Waals surface area contributed by atoms with Gasteiger partial charge in [-0.05, 0) is 26.6 Å². The summed E-state index contributed by atoms with van der Waals surface area (Å²) in [6, 6.07) is 0. The fourth-order valence-corrected chi connectivity index (χ4v) is 0.725. The van der Waals surface area contributed by atoms with Gasteiger partial charge in [-0.25, -0.2) is 0 Å². The quantitative estimate of drug-likeness (QED) is 0.584. The van der Waals surface area contributed by atoms with Crippen molar-refractivity contribution >= 4 is 5.78 Å². The van der Waals surface area contributed by atoms with E-state index in [-0.39, 0.29) is 11.7 Å². The first-order chi connectivity index (χ1) is 5.54. The highest BCUT2D eigenvalue weighted by Gasteiger charge is 2.00. The molecular weight excluding hydrogens is 150 g/mol. The van der Waals surface area contributed by atoms with Gasteiger partial charge in [0.25, 0.3) is 0 Å². The zero-order chi connectivity index (χ0) is 9.56. The van der Waals surface area contributed by atoms with Crippen molar-refractivity contribution in [3.63, 3.8) is 0 Å². The summed E-state index contributed by atoms with van der Waals surface area (Å²) >= 11 is 0. The van der Waals surface area contributed by atoms with Gasteiger partial charge in [0.1, 0.15) is 0 Å². The summed E-state index contributed by atoms with van der Waals surface area (Å²) in [4.78, 5) is 13.2. The molecular formula is C10H19NO. The van der Waals surface area contributed by atoms with E-state index in [2.05, 4.69) is 4.90 Å². The third-order valence-electron chi connectivity index (χ3n) is 1.59. The predicted molar refractivity (Wildman–Crippen MR) is 52.2 cm³/mol. The summed E-state index contributed by atoms with van der Waals surface area (Å²) in [6.45, 7) is 4.83. The lowest BCUT2D eigenvalue weighted by atomic mass is 10.1. The number of allylic oxidation sites excluding steroid dienone is 1. The molecule has 0 radical (unpaired) electrons. The van der Waals surface area contributed by atoms with E-state index in [1.54, 1.807) is 6.08 Å². The van der Waals surface area contributed by atoms with Crippen LogP contribution in [0.15, 0.2) is 12.2 Å². The van der Waals surface area contributed by atoms with E-state index in [4.69, 9.17) is 0 Å². The van der Waals surface area contributed by atoms with E-state index in [9.17, 15) is 4.79 Å². The lowest BCUT2D eigenvalue weighted by molar-refractivity contribution is -0.117. The summed E-state index contributed by atoms with van der Waals surface area (Å²) < 4.78 is 0. The van der Waals surface area contributed by atoms with E-state index >= 15 is 0 Å². The summed E-state index contributed by atoms with van der Waals surface area (Å²) in [5.41, 5.74) is 0. The summed E-state index contributed by atoms with van der Waals surface area (Å²) in [5.74, 6) is 0.342. The Morgan fingerprint density at radius 1 is 1.42 bits per heavy atom. The van der Waals surface area contributed by atoms with Gasteiger partial charge in [-0.2, -0.15) is 0 Å². The second-order valence-corrected chi connectivity index (χ2v) is 3.55. The molecule has 0 fully saturated rings. The Morgan fingerprint density at radius 3 is 2.42 bits per heavy atom. The van der Waals surface area contributed by atoms with Crippen molar-refractivity contribution in [2.45, 2.75) is 20.3 Å². The second kappa shape index (κ2) is 5.95. The molecule has 0 spiro atoms. The van der Waals surface area contributed by atoms with Crippen LogP contribution in [0.5, 0.6) is 0 Å². The summed E-state index contributed by atoms with van der Waals surface area (Å²) in [6.07, 6.45) is 4.59. The van der Waals surface area contributed by atoms with Gasteiger partial charge in [0.05, 0.1) is 0 Å². The first-order valence-corrected chi connectivity index (χ1v) is 4.39. The third kappa shape index (κ3) is 6.10. The van der Waals surface area contributed by atoms with Crippen molar-refractivity contribution in [2.24, 2.45) is 5.92 Å². The number of hydrogen-bond acceptors (Lipinski definition) is 2. The molecule has 0 atom stereocenters. The molecule has 0 bridgehead atoms. The molecule has 0 aliphatic carbocycles. The number of nitrogens with zero attached hydrogens (tertiary/aromatic N) is 1. The minimum absolute atomic E-state index is 0.126. The van der Waals surface area contributed by atoms with Gasteiger partial charge in [-0.1, -0.05) is 19.9 Å². The Balaban J connectivity index is 3.55. The highest BCUT2D eigenvalue weighted by Crippen LogP contribution is 1.96. The van der Waals surface area contributed by atoms with Crippen LogP contribution in [-0.2, 0) is 4.79 Å². The van der Waals surface area contributed by atoms with Gasteiger partial charge >= 0.3 is 0 Å². The van der Waals surface area contributed by atoms with Crippen molar-refractivity contribution in [2.75, 3.05) is 20.6 Å². The van der Waals surface area contributed by atoms with Crippen LogP contribution in [0, 0.1) is 5.92 Å². The normalized spacial score (nSPS) is 11.8. The maximum Gasteiger partial charge on any atom is 0.157 e. The Kier molecular flexibility index (Phi) is 5.64. The molecule has 0 saturated heterocycles. The van der Waals surface area contributed by atoms with Gasteiger partial charge in [0, 0.05) is 12.5 Å². The van der Waals surface area contributed by atoms with Crippen LogP contribution < -0.4 is 0 Å².